The van der Waals surface area contributed by atoms with Crippen LogP contribution in [0.5, 0.6) is 5.75 Å². The molecular weight excluding hydrogens is 222 g/mol. The second kappa shape index (κ2) is 4.85. The molecule has 0 aliphatic heterocycles. The largest absolute Gasteiger partial charge is 0.497 e. The summed E-state index contributed by atoms with van der Waals surface area (Å²) >= 11 is 1.52. The Hall–Kier alpha value is -1.75. The monoisotopic (exact) mass is 233 g/mol. The van der Waals surface area contributed by atoms with Crippen LogP contribution in [0.1, 0.15) is 0 Å². The molecule has 1 aromatic carbocycles. The molecule has 0 aliphatic rings. The molecule has 4 nitrogen and oxygen atoms in total. The third-order valence-corrected chi connectivity index (χ3v) is 2.82. The highest BCUT2D eigenvalue weighted by Gasteiger charge is 2.00. The third kappa shape index (κ3) is 2.64. The smallest absolute Gasteiger partial charge is 0.141 e. The van der Waals surface area contributed by atoms with Crippen LogP contribution in [0.4, 0.5) is 5.82 Å². The van der Waals surface area contributed by atoms with Gasteiger partial charge in [-0.3, -0.25) is 0 Å². The van der Waals surface area contributed by atoms with Gasteiger partial charge in [0.1, 0.15) is 16.6 Å². The maximum atomic E-state index is 5.46. The van der Waals surface area contributed by atoms with E-state index >= 15 is 0 Å². The van der Waals surface area contributed by atoms with Crippen molar-refractivity contribution in [3.63, 3.8) is 0 Å². The average molecular weight is 233 g/mol. The van der Waals surface area contributed by atoms with Crippen LogP contribution in [-0.2, 0) is 0 Å². The van der Waals surface area contributed by atoms with E-state index in [-0.39, 0.29) is 0 Å². The van der Waals surface area contributed by atoms with Gasteiger partial charge in [-0.2, -0.15) is 0 Å². The molecule has 0 bridgehead atoms. The van der Waals surface area contributed by atoms with Gasteiger partial charge in [-0.1, -0.05) is 17.8 Å². The van der Waals surface area contributed by atoms with E-state index in [1.165, 1.54) is 11.8 Å². The Kier molecular flexibility index (Phi) is 3.26. The Morgan fingerprint density at radius 3 is 2.81 bits per heavy atom. The minimum absolute atomic E-state index is 0.426. The van der Waals surface area contributed by atoms with E-state index in [9.17, 15) is 0 Å². The summed E-state index contributed by atoms with van der Waals surface area (Å²) in [5.74, 6) is 1.25. The molecule has 1 heterocycles. The van der Waals surface area contributed by atoms with Gasteiger partial charge in [-0.05, 0) is 18.2 Å². The van der Waals surface area contributed by atoms with Crippen LogP contribution in [0, 0.1) is 0 Å². The first-order valence-electron chi connectivity index (χ1n) is 4.67. The Balaban J connectivity index is 2.16. The summed E-state index contributed by atoms with van der Waals surface area (Å²) in [6, 6.07) is 7.78. The van der Waals surface area contributed by atoms with Crippen molar-refractivity contribution >= 4 is 17.6 Å². The summed E-state index contributed by atoms with van der Waals surface area (Å²) in [5, 5.41) is 0.808. The molecule has 1 aromatic heterocycles. The van der Waals surface area contributed by atoms with Gasteiger partial charge < -0.3 is 10.5 Å². The summed E-state index contributed by atoms with van der Waals surface area (Å²) in [6.07, 6.45) is 3.20. The Labute approximate surface area is 97.9 Å². The van der Waals surface area contributed by atoms with Crippen LogP contribution in [-0.4, -0.2) is 17.1 Å². The van der Waals surface area contributed by atoms with Gasteiger partial charge in [-0.15, -0.1) is 0 Å². The fraction of sp³-hybridized carbons (Fsp3) is 0.0909. The van der Waals surface area contributed by atoms with Crippen LogP contribution in [0.2, 0.25) is 0 Å². The predicted octanol–water partition coefficient (Wildman–Crippen LogP) is 2.22. The molecule has 2 aromatic rings. The van der Waals surface area contributed by atoms with Crippen LogP contribution in [0.25, 0.3) is 0 Å². The number of ether oxygens (including phenoxy) is 1. The molecule has 2 N–H and O–H groups in total. The highest BCUT2D eigenvalue weighted by Crippen LogP contribution is 2.28. The molecule has 0 saturated carbocycles. The van der Waals surface area contributed by atoms with E-state index in [2.05, 4.69) is 9.97 Å². The van der Waals surface area contributed by atoms with Gasteiger partial charge in [0.15, 0.2) is 0 Å². The molecule has 0 unspecified atom stereocenters. The lowest BCUT2D eigenvalue weighted by atomic mass is 10.3. The first-order valence-corrected chi connectivity index (χ1v) is 5.49. The number of anilines is 1. The summed E-state index contributed by atoms with van der Waals surface area (Å²) in [7, 11) is 1.65. The van der Waals surface area contributed by atoms with Crippen molar-refractivity contribution in [1.82, 2.24) is 9.97 Å². The molecule has 5 heteroatoms. The maximum absolute atomic E-state index is 5.46. The van der Waals surface area contributed by atoms with Crippen molar-refractivity contribution in [3.05, 3.63) is 36.7 Å². The number of rotatable bonds is 3. The van der Waals surface area contributed by atoms with Crippen LogP contribution >= 0.6 is 11.8 Å². The minimum atomic E-state index is 0.426. The van der Waals surface area contributed by atoms with E-state index in [1.807, 2.05) is 24.3 Å². The van der Waals surface area contributed by atoms with Crippen molar-refractivity contribution in [2.75, 3.05) is 12.8 Å². The number of nitrogen functional groups attached to an aromatic ring is 1. The van der Waals surface area contributed by atoms with Crippen molar-refractivity contribution in [2.45, 2.75) is 9.92 Å². The summed E-state index contributed by atoms with van der Waals surface area (Å²) in [5.41, 5.74) is 5.46. The first kappa shape index (κ1) is 10.8. The topological polar surface area (TPSA) is 61.0 Å². The third-order valence-electron chi connectivity index (χ3n) is 1.91. The lowest BCUT2D eigenvalue weighted by molar-refractivity contribution is 0.413. The van der Waals surface area contributed by atoms with Crippen molar-refractivity contribution in [2.24, 2.45) is 0 Å². The lowest BCUT2D eigenvalue weighted by Gasteiger charge is -2.03. The summed E-state index contributed by atoms with van der Waals surface area (Å²) in [4.78, 5) is 9.20. The number of hydrogen-bond donors (Lipinski definition) is 1. The van der Waals surface area contributed by atoms with E-state index in [4.69, 9.17) is 10.5 Å². The molecule has 0 spiro atoms. The molecule has 0 aliphatic carbocycles. The van der Waals surface area contributed by atoms with Gasteiger partial charge >= 0.3 is 0 Å². The van der Waals surface area contributed by atoms with E-state index < -0.39 is 0 Å². The zero-order chi connectivity index (χ0) is 11.4. The van der Waals surface area contributed by atoms with Gasteiger partial charge in [-0.25, -0.2) is 9.97 Å². The van der Waals surface area contributed by atoms with Crippen LogP contribution < -0.4 is 10.5 Å². The van der Waals surface area contributed by atoms with E-state index in [0.717, 1.165) is 15.7 Å². The number of methoxy groups -OCH3 is 1. The normalized spacial score (nSPS) is 10.1. The fourth-order valence-corrected chi connectivity index (χ4v) is 1.94. The van der Waals surface area contributed by atoms with Crippen molar-refractivity contribution in [1.29, 1.82) is 0 Å². The molecular formula is C11H11N3OS. The van der Waals surface area contributed by atoms with Gasteiger partial charge in [0.2, 0.25) is 0 Å². The summed E-state index contributed by atoms with van der Waals surface area (Å²) < 4.78 is 5.14. The van der Waals surface area contributed by atoms with Crippen LogP contribution in [0.15, 0.2) is 46.6 Å². The van der Waals surface area contributed by atoms with Crippen molar-refractivity contribution < 1.29 is 4.74 Å². The number of benzene rings is 1. The number of nitrogens with two attached hydrogens (primary N) is 1. The average Bonchev–Trinajstić information content (AvgIpc) is 2.32. The summed E-state index contributed by atoms with van der Waals surface area (Å²) in [6.45, 7) is 0. The van der Waals surface area contributed by atoms with Crippen LogP contribution in [0.3, 0.4) is 0 Å². The van der Waals surface area contributed by atoms with Crippen molar-refractivity contribution in [3.8, 4) is 5.75 Å². The highest BCUT2D eigenvalue weighted by atomic mass is 32.2. The molecule has 16 heavy (non-hydrogen) atoms. The number of aromatic nitrogens is 2. The molecule has 0 radical (unpaired) electrons. The Morgan fingerprint density at radius 2 is 2.12 bits per heavy atom. The standard InChI is InChI=1S/C11H11N3OS/c1-15-8-3-2-4-9(5-8)16-11-7-13-10(12)6-14-11/h2-7H,1H3,(H2,12,13). The fourth-order valence-electron chi connectivity index (χ4n) is 1.16. The van der Waals surface area contributed by atoms with E-state index in [1.54, 1.807) is 19.5 Å². The minimum Gasteiger partial charge on any atom is -0.497 e. The molecule has 82 valence electrons. The lowest BCUT2D eigenvalue weighted by Crippen LogP contribution is -1.91. The SMILES string of the molecule is COc1cccc(Sc2cnc(N)cn2)c1. The zero-order valence-electron chi connectivity index (χ0n) is 8.75. The molecule has 0 atom stereocenters. The second-order valence-corrected chi connectivity index (χ2v) is 4.15. The number of nitrogens with zero attached hydrogens (tertiary/aromatic N) is 2. The molecule has 2 rings (SSSR count). The Morgan fingerprint density at radius 1 is 1.25 bits per heavy atom. The Bertz CT molecular complexity index is 473. The number of hydrogen-bond acceptors (Lipinski definition) is 5. The highest BCUT2D eigenvalue weighted by molar-refractivity contribution is 7.99. The molecule has 0 saturated heterocycles. The quantitative estimate of drug-likeness (QED) is 0.880. The molecule has 0 amide bonds. The first-order chi connectivity index (χ1) is 7.78. The van der Waals surface area contributed by atoms with Gasteiger partial charge in [0, 0.05) is 4.90 Å². The van der Waals surface area contributed by atoms with E-state index in [0.29, 0.717) is 5.82 Å². The zero-order valence-corrected chi connectivity index (χ0v) is 9.57. The second-order valence-electron chi connectivity index (χ2n) is 3.06. The van der Waals surface area contributed by atoms with Gasteiger partial charge in [0.25, 0.3) is 0 Å². The maximum Gasteiger partial charge on any atom is 0.141 e. The molecule has 0 fully saturated rings. The predicted molar refractivity (Wildman–Crippen MR) is 63.6 cm³/mol. The van der Waals surface area contributed by atoms with Gasteiger partial charge in [0.05, 0.1) is 19.5 Å².